The molecule has 0 heterocycles. The van der Waals surface area contributed by atoms with Crippen LogP contribution in [-0.4, -0.2) is 14.8 Å². The fraction of sp³-hybridized carbons (Fsp3) is 0.0769. The third kappa shape index (κ3) is 10.3. The largest absolute Gasteiger partial charge is 0.855 e. The molecule has 0 unspecified atom stereocenters. The molecule has 0 aliphatic carbocycles. The van der Waals surface area contributed by atoms with Crippen LogP contribution in [0.5, 0.6) is 34.5 Å². The van der Waals surface area contributed by atoms with Crippen LogP contribution in [0.25, 0.3) is 0 Å². The molecule has 0 bridgehead atoms. The van der Waals surface area contributed by atoms with Crippen molar-refractivity contribution < 1.29 is 14.2 Å². The Morgan fingerprint density at radius 1 is 0.327 bits per heavy atom. The maximum Gasteiger partial charge on any atom is 0.855 e. The van der Waals surface area contributed by atoms with Crippen molar-refractivity contribution in [1.82, 2.24) is 0 Å². The van der Waals surface area contributed by atoms with Gasteiger partial charge in [-0.15, -0.1) is 0 Å². The highest BCUT2D eigenvalue weighted by Gasteiger charge is 2.24. The summed E-state index contributed by atoms with van der Waals surface area (Å²) in [6, 6.07) is 52.2. The molecule has 6 rings (SSSR count). The lowest BCUT2D eigenvalue weighted by atomic mass is 10.2. The smallest absolute Gasteiger partial charge is 0.457 e. The van der Waals surface area contributed by atoms with Crippen LogP contribution in [0.3, 0.4) is 0 Å². The van der Waals surface area contributed by atoms with Gasteiger partial charge in [-0.3, -0.25) is 12.3 Å². The molecule has 0 saturated carbocycles. The van der Waals surface area contributed by atoms with Crippen LogP contribution in [-0.2, 0) is 19.6 Å². The SMILES string of the molecule is c1ccc(Oc2ccccc2CN=[N][Al]([N]=NCc2ccccc2Oc2ccccc2)[N]=NCc2ccccc2Oc2ccccc2)cc1. The standard InChI is InChI=1S/3C13H11N2O.Al/c3*14-15-10-11-6-4-5-9-13(11)16-12-7-2-1-3-8-12;/h3*1-9H,10H2;/q3*-1;+3. The van der Waals surface area contributed by atoms with Crippen molar-refractivity contribution in [2.75, 3.05) is 0 Å². The number of nitrogens with zero attached hydrogens (tertiary/aromatic N) is 6. The molecule has 0 aliphatic heterocycles. The summed E-state index contributed by atoms with van der Waals surface area (Å²) < 4.78 is 31.9. The third-order valence-electron chi connectivity index (χ3n) is 7.11. The lowest BCUT2D eigenvalue weighted by Crippen LogP contribution is -2.02. The van der Waals surface area contributed by atoms with E-state index >= 15 is 0 Å². The molecule has 49 heavy (non-hydrogen) atoms. The zero-order chi connectivity index (χ0) is 33.4. The van der Waals surface area contributed by atoms with Gasteiger partial charge in [0.15, 0.2) is 0 Å². The van der Waals surface area contributed by atoms with Gasteiger partial charge in [0.1, 0.15) is 34.5 Å². The molecule has 9 nitrogen and oxygen atoms in total. The van der Waals surface area contributed by atoms with Gasteiger partial charge in [-0.05, 0) is 54.6 Å². The molecule has 0 aliphatic rings. The first-order valence-electron chi connectivity index (χ1n) is 15.8. The molecular formula is C39H33AlN6O3. The van der Waals surface area contributed by atoms with E-state index in [0.717, 1.165) is 33.9 Å². The number of ether oxygens (including phenoxy) is 3. The second-order valence-corrected chi connectivity index (χ2v) is 12.0. The molecule has 6 aromatic rings. The van der Waals surface area contributed by atoms with Crippen LogP contribution < -0.4 is 14.2 Å². The minimum absolute atomic E-state index is 0.291. The van der Waals surface area contributed by atoms with Crippen molar-refractivity contribution in [3.63, 3.8) is 0 Å². The molecule has 0 saturated heterocycles. The van der Waals surface area contributed by atoms with E-state index in [9.17, 15) is 0 Å². The molecule has 0 amide bonds. The van der Waals surface area contributed by atoms with Gasteiger partial charge >= 0.3 is 14.8 Å². The molecule has 10 heteroatoms. The summed E-state index contributed by atoms with van der Waals surface area (Å²) in [5.74, 6) is 4.36. The molecular weight excluding hydrogens is 627 g/mol. The summed E-state index contributed by atoms with van der Waals surface area (Å²) in [6.45, 7) is 0.872. The van der Waals surface area contributed by atoms with Crippen LogP contribution in [0, 0.1) is 0 Å². The predicted molar refractivity (Wildman–Crippen MR) is 190 cm³/mol. The van der Waals surface area contributed by atoms with Crippen LogP contribution >= 0.6 is 0 Å². The Hall–Kier alpha value is -5.95. The van der Waals surface area contributed by atoms with Crippen LogP contribution in [0.1, 0.15) is 16.7 Å². The van der Waals surface area contributed by atoms with E-state index in [4.69, 9.17) is 14.2 Å². The molecule has 0 fully saturated rings. The first kappa shape index (κ1) is 33.0. The van der Waals surface area contributed by atoms with Crippen molar-refractivity contribution in [3.05, 3.63) is 180 Å². The zero-order valence-corrected chi connectivity index (χ0v) is 27.8. The van der Waals surface area contributed by atoms with E-state index in [0.29, 0.717) is 36.9 Å². The zero-order valence-electron chi connectivity index (χ0n) is 26.7. The van der Waals surface area contributed by atoms with Gasteiger partial charge in [0.25, 0.3) is 0 Å². The molecule has 0 atom stereocenters. The summed E-state index contributed by atoms with van der Waals surface area (Å²) in [4.78, 5) is 0. The second-order valence-electron chi connectivity index (χ2n) is 10.7. The number of hydrogen-bond donors (Lipinski definition) is 0. The molecule has 240 valence electrons. The maximum atomic E-state index is 6.10. The summed E-state index contributed by atoms with van der Waals surface area (Å²) in [7, 11) is 0. The minimum atomic E-state index is -2.66. The minimum Gasteiger partial charge on any atom is -0.457 e. The summed E-state index contributed by atoms with van der Waals surface area (Å²) >= 11 is -2.66. The first-order chi connectivity index (χ1) is 24.3. The van der Waals surface area contributed by atoms with Crippen molar-refractivity contribution in [3.8, 4) is 34.5 Å². The lowest BCUT2D eigenvalue weighted by molar-refractivity contribution is 0.476. The van der Waals surface area contributed by atoms with E-state index in [1.54, 1.807) is 0 Å². The highest BCUT2D eigenvalue weighted by atomic mass is 27.2. The van der Waals surface area contributed by atoms with Crippen LogP contribution in [0.15, 0.2) is 191 Å². The molecule has 0 N–H and O–H groups in total. The van der Waals surface area contributed by atoms with Gasteiger partial charge in [0.2, 0.25) is 0 Å². The molecule has 0 radical (unpaired) electrons. The van der Waals surface area contributed by atoms with Gasteiger partial charge < -0.3 is 14.2 Å². The highest BCUT2D eigenvalue weighted by molar-refractivity contribution is 6.51. The Balaban J connectivity index is 1.18. The number of para-hydroxylation sites is 6. The monoisotopic (exact) mass is 660 g/mol. The Labute approximate surface area is 290 Å². The quantitative estimate of drug-likeness (QED) is 0.0809. The Morgan fingerprint density at radius 2 is 0.592 bits per heavy atom. The average Bonchev–Trinajstić information content (AvgIpc) is 3.15. The second kappa shape index (κ2) is 17.8. The Bertz CT molecular complexity index is 1760. The van der Waals surface area contributed by atoms with Gasteiger partial charge in [0, 0.05) is 16.7 Å². The van der Waals surface area contributed by atoms with Crippen molar-refractivity contribution in [2.45, 2.75) is 19.6 Å². The number of hydrogen-bond acceptors (Lipinski definition) is 9. The molecule has 0 spiro atoms. The normalized spacial score (nSPS) is 11.3. The van der Waals surface area contributed by atoms with E-state index in [2.05, 4.69) is 27.6 Å². The third-order valence-corrected chi connectivity index (χ3v) is 8.22. The highest BCUT2D eigenvalue weighted by Crippen LogP contribution is 2.28. The van der Waals surface area contributed by atoms with Crippen LogP contribution in [0.2, 0.25) is 0 Å². The first-order valence-corrected chi connectivity index (χ1v) is 17.4. The van der Waals surface area contributed by atoms with Gasteiger partial charge in [-0.1, -0.05) is 109 Å². The van der Waals surface area contributed by atoms with E-state index in [-0.39, 0.29) is 0 Å². The van der Waals surface area contributed by atoms with E-state index < -0.39 is 14.8 Å². The van der Waals surface area contributed by atoms with Gasteiger partial charge in [-0.25, -0.2) is 15.3 Å². The van der Waals surface area contributed by atoms with Crippen molar-refractivity contribution >= 4 is 14.8 Å². The van der Waals surface area contributed by atoms with Crippen molar-refractivity contribution in [2.24, 2.45) is 27.6 Å². The summed E-state index contributed by atoms with van der Waals surface area (Å²) in [6.07, 6.45) is 0. The molecule has 0 aromatic heterocycles. The molecule has 6 aromatic carbocycles. The van der Waals surface area contributed by atoms with Crippen LogP contribution in [0.4, 0.5) is 0 Å². The number of benzene rings is 6. The van der Waals surface area contributed by atoms with Crippen molar-refractivity contribution in [1.29, 1.82) is 0 Å². The van der Waals surface area contributed by atoms with E-state index in [1.165, 1.54) is 0 Å². The predicted octanol–water partition coefficient (Wildman–Crippen LogP) is 11.3. The lowest BCUT2D eigenvalue weighted by Gasteiger charge is -2.09. The summed E-state index contributed by atoms with van der Waals surface area (Å²) in [5, 5.41) is 13.5. The van der Waals surface area contributed by atoms with E-state index in [1.807, 2.05) is 164 Å². The topological polar surface area (TPSA) is 102 Å². The summed E-state index contributed by atoms with van der Waals surface area (Å²) in [5.41, 5.74) is 2.65. The average molecular weight is 661 g/mol. The Kier molecular flexibility index (Phi) is 12.0. The fourth-order valence-electron chi connectivity index (χ4n) is 4.69. The Morgan fingerprint density at radius 3 is 0.898 bits per heavy atom. The fourth-order valence-corrected chi connectivity index (χ4v) is 5.51. The van der Waals surface area contributed by atoms with Gasteiger partial charge in [0.05, 0.1) is 19.6 Å². The maximum absolute atomic E-state index is 6.10. The number of rotatable bonds is 15. The van der Waals surface area contributed by atoms with Gasteiger partial charge in [-0.2, -0.15) is 0 Å².